The summed E-state index contributed by atoms with van der Waals surface area (Å²) < 4.78 is 5.18. The minimum Gasteiger partial charge on any atom is -0.406 e. The number of aromatic nitrogens is 2. The minimum absolute atomic E-state index is 0.279. The van der Waals surface area contributed by atoms with Gasteiger partial charge in [-0.3, -0.25) is 4.79 Å². The van der Waals surface area contributed by atoms with Crippen LogP contribution in [0.15, 0.2) is 4.42 Å². The first-order chi connectivity index (χ1) is 7.09. The highest BCUT2D eigenvalue weighted by Gasteiger charge is 2.08. The molecule has 0 aromatic carbocycles. The molecule has 1 unspecified atom stereocenters. The van der Waals surface area contributed by atoms with Gasteiger partial charge < -0.3 is 21.2 Å². The molecular weight excluding hydrogens is 198 g/mol. The maximum absolute atomic E-state index is 10.4. The van der Waals surface area contributed by atoms with Crippen molar-refractivity contribution in [3.63, 3.8) is 0 Å². The fourth-order valence-electron chi connectivity index (χ4n) is 0.948. The number of amides is 1. The molecule has 1 aromatic rings. The summed E-state index contributed by atoms with van der Waals surface area (Å²) in [5, 5.41) is 10.3. The van der Waals surface area contributed by atoms with E-state index in [1.54, 1.807) is 6.92 Å². The molecular formula is C8H15N5O2. The molecule has 0 aliphatic heterocycles. The lowest BCUT2D eigenvalue weighted by molar-refractivity contribution is -0.118. The number of hydrogen-bond acceptors (Lipinski definition) is 6. The molecule has 1 rings (SSSR count). The van der Waals surface area contributed by atoms with Crippen molar-refractivity contribution >= 4 is 11.9 Å². The van der Waals surface area contributed by atoms with E-state index in [-0.39, 0.29) is 11.9 Å². The summed E-state index contributed by atoms with van der Waals surface area (Å²) in [5.41, 5.74) is 10.5. The molecule has 84 valence electrons. The van der Waals surface area contributed by atoms with Gasteiger partial charge >= 0.3 is 6.01 Å². The van der Waals surface area contributed by atoms with Crippen molar-refractivity contribution in [1.29, 1.82) is 0 Å². The molecule has 15 heavy (non-hydrogen) atoms. The molecule has 5 N–H and O–H groups in total. The number of carbonyl (C=O) groups excluding carboxylic acids is 1. The number of carbonyl (C=O) groups is 1. The van der Waals surface area contributed by atoms with E-state index >= 15 is 0 Å². The highest BCUT2D eigenvalue weighted by Crippen LogP contribution is 2.10. The van der Waals surface area contributed by atoms with Crippen LogP contribution in [0.3, 0.4) is 0 Å². The maximum Gasteiger partial charge on any atom is 0.315 e. The molecule has 7 heteroatoms. The quantitative estimate of drug-likeness (QED) is 0.561. The third kappa shape index (κ3) is 3.94. The lowest BCUT2D eigenvalue weighted by Crippen LogP contribution is -2.12. The molecule has 0 saturated carbocycles. The summed E-state index contributed by atoms with van der Waals surface area (Å²) in [6, 6.07) is 0.0328. The highest BCUT2D eigenvalue weighted by molar-refractivity contribution is 5.73. The van der Waals surface area contributed by atoms with E-state index in [1.165, 1.54) is 0 Å². The van der Waals surface area contributed by atoms with E-state index in [0.717, 1.165) is 0 Å². The normalized spacial score (nSPS) is 12.4. The standard InChI is InChI=1S/C8H15N5O2/c1-5(9)7-12-13-8(15-7)11-4-2-3-6(10)14/h5H,2-4,9H2,1H3,(H2,10,14)(H,11,13). The second-order valence-electron chi connectivity index (χ2n) is 3.23. The van der Waals surface area contributed by atoms with Crippen LogP contribution in [0.4, 0.5) is 6.01 Å². The van der Waals surface area contributed by atoms with Crippen LogP contribution in [0.2, 0.25) is 0 Å². The molecule has 0 radical (unpaired) electrons. The van der Waals surface area contributed by atoms with Crippen molar-refractivity contribution in [3.05, 3.63) is 5.89 Å². The summed E-state index contributed by atoms with van der Waals surface area (Å²) in [4.78, 5) is 10.4. The van der Waals surface area contributed by atoms with E-state index < -0.39 is 0 Å². The van der Waals surface area contributed by atoms with Crippen molar-refractivity contribution in [2.24, 2.45) is 11.5 Å². The minimum atomic E-state index is -0.321. The predicted molar refractivity (Wildman–Crippen MR) is 53.8 cm³/mol. The van der Waals surface area contributed by atoms with Crippen molar-refractivity contribution < 1.29 is 9.21 Å². The van der Waals surface area contributed by atoms with E-state index in [4.69, 9.17) is 15.9 Å². The molecule has 1 atom stereocenters. The fourth-order valence-corrected chi connectivity index (χ4v) is 0.948. The molecule has 0 aliphatic carbocycles. The van der Waals surface area contributed by atoms with Gasteiger partial charge in [0.15, 0.2) is 0 Å². The van der Waals surface area contributed by atoms with Gasteiger partial charge in [0.1, 0.15) is 0 Å². The van der Waals surface area contributed by atoms with Gasteiger partial charge in [-0.25, -0.2) is 0 Å². The first kappa shape index (κ1) is 11.4. The summed E-state index contributed by atoms with van der Waals surface area (Å²) in [5.74, 6) is 0.0611. The molecule has 0 fully saturated rings. The van der Waals surface area contributed by atoms with Gasteiger partial charge in [0.05, 0.1) is 6.04 Å². The molecule has 1 aromatic heterocycles. The van der Waals surface area contributed by atoms with Crippen LogP contribution in [0, 0.1) is 0 Å². The Kier molecular flexibility index (Phi) is 4.04. The van der Waals surface area contributed by atoms with Crippen LogP contribution in [0.1, 0.15) is 31.7 Å². The molecule has 0 aliphatic rings. The Balaban J connectivity index is 2.28. The van der Waals surface area contributed by atoms with Gasteiger partial charge in [-0.1, -0.05) is 5.10 Å². The van der Waals surface area contributed by atoms with Crippen LogP contribution in [0.5, 0.6) is 0 Å². The Morgan fingerprint density at radius 3 is 2.87 bits per heavy atom. The fraction of sp³-hybridized carbons (Fsp3) is 0.625. The highest BCUT2D eigenvalue weighted by atomic mass is 16.4. The number of rotatable bonds is 6. The Hall–Kier alpha value is -1.63. The number of nitrogens with two attached hydrogens (primary N) is 2. The van der Waals surface area contributed by atoms with Gasteiger partial charge in [-0.15, -0.1) is 5.10 Å². The molecule has 7 nitrogen and oxygen atoms in total. The molecule has 0 saturated heterocycles. The van der Waals surface area contributed by atoms with Gasteiger partial charge in [-0.05, 0) is 13.3 Å². The third-order valence-electron chi connectivity index (χ3n) is 1.71. The van der Waals surface area contributed by atoms with E-state index in [1.807, 2.05) is 0 Å². The van der Waals surface area contributed by atoms with Crippen LogP contribution in [0.25, 0.3) is 0 Å². The van der Waals surface area contributed by atoms with Crippen molar-refractivity contribution in [2.75, 3.05) is 11.9 Å². The van der Waals surface area contributed by atoms with Crippen LogP contribution >= 0.6 is 0 Å². The lowest BCUT2D eigenvalue weighted by atomic mass is 10.3. The van der Waals surface area contributed by atoms with Crippen LogP contribution in [-0.4, -0.2) is 22.6 Å². The average Bonchev–Trinajstić information content (AvgIpc) is 2.60. The Morgan fingerprint density at radius 1 is 1.60 bits per heavy atom. The van der Waals surface area contributed by atoms with Gasteiger partial charge in [-0.2, -0.15) is 0 Å². The zero-order valence-corrected chi connectivity index (χ0v) is 8.56. The summed E-state index contributed by atoms with van der Waals surface area (Å²) in [7, 11) is 0. The molecule has 1 heterocycles. The number of primary amides is 1. The summed E-state index contributed by atoms with van der Waals surface area (Å²) >= 11 is 0. The van der Waals surface area contributed by atoms with Gasteiger partial charge in [0.25, 0.3) is 0 Å². The molecule has 0 bridgehead atoms. The number of nitrogens with zero attached hydrogens (tertiary/aromatic N) is 2. The molecule has 0 spiro atoms. The third-order valence-corrected chi connectivity index (χ3v) is 1.71. The number of hydrogen-bond donors (Lipinski definition) is 3. The van der Waals surface area contributed by atoms with E-state index in [9.17, 15) is 4.79 Å². The second-order valence-corrected chi connectivity index (χ2v) is 3.23. The monoisotopic (exact) mass is 213 g/mol. The van der Waals surface area contributed by atoms with Crippen LogP contribution < -0.4 is 16.8 Å². The topological polar surface area (TPSA) is 120 Å². The summed E-state index contributed by atoms with van der Waals surface area (Å²) in [6.07, 6.45) is 0.965. The average molecular weight is 213 g/mol. The molecule has 1 amide bonds. The second kappa shape index (κ2) is 5.30. The first-order valence-electron chi connectivity index (χ1n) is 4.70. The Labute approximate surface area is 87.2 Å². The first-order valence-corrected chi connectivity index (χ1v) is 4.70. The predicted octanol–water partition coefficient (Wildman–Crippen LogP) is -0.233. The number of nitrogens with one attached hydrogen (secondary N) is 1. The Morgan fingerprint density at radius 2 is 2.33 bits per heavy atom. The zero-order valence-electron chi connectivity index (χ0n) is 8.56. The van der Waals surface area contributed by atoms with E-state index in [2.05, 4.69) is 15.5 Å². The Bertz CT molecular complexity index is 323. The smallest absolute Gasteiger partial charge is 0.315 e. The van der Waals surface area contributed by atoms with E-state index in [0.29, 0.717) is 31.3 Å². The van der Waals surface area contributed by atoms with Crippen molar-refractivity contribution in [1.82, 2.24) is 10.2 Å². The SMILES string of the molecule is CC(N)c1nnc(NCCCC(N)=O)o1. The van der Waals surface area contributed by atoms with Gasteiger partial charge in [0, 0.05) is 13.0 Å². The zero-order chi connectivity index (χ0) is 11.3. The largest absolute Gasteiger partial charge is 0.406 e. The summed E-state index contributed by atoms with van der Waals surface area (Å²) in [6.45, 7) is 2.31. The van der Waals surface area contributed by atoms with Crippen molar-refractivity contribution in [2.45, 2.75) is 25.8 Å². The van der Waals surface area contributed by atoms with Gasteiger partial charge in [0.2, 0.25) is 11.8 Å². The van der Waals surface area contributed by atoms with Crippen molar-refractivity contribution in [3.8, 4) is 0 Å². The maximum atomic E-state index is 10.4. The van der Waals surface area contributed by atoms with Crippen LogP contribution in [-0.2, 0) is 4.79 Å². The number of anilines is 1. The lowest BCUT2D eigenvalue weighted by Gasteiger charge is -1.99.